The monoisotopic (exact) mass is 218 g/mol. The molecule has 1 aliphatic heterocycles. The number of hydrogen-bond acceptors (Lipinski definition) is 2. The Morgan fingerprint density at radius 2 is 2.12 bits per heavy atom. The Bertz CT molecular complexity index is 418. The van der Waals surface area contributed by atoms with E-state index in [-0.39, 0.29) is 11.4 Å². The Hall–Kier alpha value is -1.51. The van der Waals surface area contributed by atoms with Gasteiger partial charge < -0.3 is 10.6 Å². The first-order chi connectivity index (χ1) is 7.46. The smallest absolute Gasteiger partial charge is 0.251 e. The SMILES string of the molecule is CC(C)(C)NC(=O)c1ccc2c(c1)NCC2. The second-order valence-corrected chi connectivity index (χ2v) is 5.25. The van der Waals surface area contributed by atoms with Gasteiger partial charge in [0.05, 0.1) is 0 Å². The van der Waals surface area contributed by atoms with Crippen molar-refractivity contribution < 1.29 is 4.79 Å². The van der Waals surface area contributed by atoms with E-state index in [1.807, 2.05) is 39.0 Å². The molecule has 1 amide bonds. The molecule has 0 spiro atoms. The summed E-state index contributed by atoms with van der Waals surface area (Å²) in [4.78, 5) is 11.9. The van der Waals surface area contributed by atoms with Crippen LogP contribution >= 0.6 is 0 Å². The predicted octanol–water partition coefficient (Wildman–Crippen LogP) is 2.18. The van der Waals surface area contributed by atoms with Crippen LogP contribution in [0.25, 0.3) is 0 Å². The van der Waals surface area contributed by atoms with Crippen molar-refractivity contribution in [1.82, 2.24) is 5.32 Å². The Kier molecular flexibility index (Phi) is 2.62. The molecule has 86 valence electrons. The van der Waals surface area contributed by atoms with E-state index in [1.54, 1.807) is 0 Å². The molecule has 3 heteroatoms. The quantitative estimate of drug-likeness (QED) is 0.758. The van der Waals surface area contributed by atoms with Crippen molar-refractivity contribution >= 4 is 11.6 Å². The second kappa shape index (κ2) is 3.81. The summed E-state index contributed by atoms with van der Waals surface area (Å²) in [5.74, 6) is -0.0102. The van der Waals surface area contributed by atoms with Gasteiger partial charge in [-0.15, -0.1) is 0 Å². The minimum absolute atomic E-state index is 0.0102. The first-order valence-corrected chi connectivity index (χ1v) is 5.65. The van der Waals surface area contributed by atoms with Crippen LogP contribution in [0.4, 0.5) is 5.69 Å². The summed E-state index contributed by atoms with van der Waals surface area (Å²) in [6.07, 6.45) is 1.05. The van der Waals surface area contributed by atoms with Gasteiger partial charge in [-0.05, 0) is 44.9 Å². The van der Waals surface area contributed by atoms with E-state index >= 15 is 0 Å². The van der Waals surface area contributed by atoms with Crippen molar-refractivity contribution in [3.63, 3.8) is 0 Å². The molecule has 1 aromatic rings. The number of carbonyl (C=O) groups is 1. The Labute approximate surface area is 96.2 Å². The number of rotatable bonds is 1. The van der Waals surface area contributed by atoms with E-state index in [0.29, 0.717) is 0 Å². The van der Waals surface area contributed by atoms with Crippen LogP contribution in [0.5, 0.6) is 0 Å². The number of hydrogen-bond donors (Lipinski definition) is 2. The summed E-state index contributed by atoms with van der Waals surface area (Å²) >= 11 is 0. The highest BCUT2D eigenvalue weighted by atomic mass is 16.1. The summed E-state index contributed by atoms with van der Waals surface area (Å²) in [7, 11) is 0. The van der Waals surface area contributed by atoms with E-state index in [4.69, 9.17) is 0 Å². The third kappa shape index (κ3) is 2.35. The zero-order chi connectivity index (χ0) is 11.8. The molecule has 0 saturated heterocycles. The lowest BCUT2D eigenvalue weighted by Crippen LogP contribution is -2.40. The minimum Gasteiger partial charge on any atom is -0.384 e. The Balaban J connectivity index is 2.19. The third-order valence-electron chi connectivity index (χ3n) is 2.57. The molecule has 0 aromatic heterocycles. The molecule has 0 atom stereocenters. The fourth-order valence-electron chi connectivity index (χ4n) is 1.84. The van der Waals surface area contributed by atoms with Crippen molar-refractivity contribution in [3.05, 3.63) is 29.3 Å². The molecule has 0 saturated carbocycles. The summed E-state index contributed by atoms with van der Waals surface area (Å²) in [6, 6.07) is 5.86. The molecule has 2 N–H and O–H groups in total. The van der Waals surface area contributed by atoms with Gasteiger partial charge in [-0.2, -0.15) is 0 Å². The first-order valence-electron chi connectivity index (χ1n) is 5.65. The van der Waals surface area contributed by atoms with Gasteiger partial charge in [0.15, 0.2) is 0 Å². The summed E-state index contributed by atoms with van der Waals surface area (Å²) in [5, 5.41) is 6.24. The zero-order valence-electron chi connectivity index (χ0n) is 10.1. The maximum atomic E-state index is 11.9. The van der Waals surface area contributed by atoms with Gasteiger partial charge in [0.25, 0.3) is 5.91 Å². The van der Waals surface area contributed by atoms with Gasteiger partial charge in [-0.25, -0.2) is 0 Å². The minimum atomic E-state index is -0.191. The van der Waals surface area contributed by atoms with Crippen LogP contribution in [0, 0.1) is 0 Å². The molecule has 1 aromatic carbocycles. The Morgan fingerprint density at radius 1 is 1.38 bits per heavy atom. The van der Waals surface area contributed by atoms with Crippen LogP contribution in [0.3, 0.4) is 0 Å². The number of fused-ring (bicyclic) bond motifs is 1. The second-order valence-electron chi connectivity index (χ2n) is 5.25. The highest BCUT2D eigenvalue weighted by Crippen LogP contribution is 2.23. The molecule has 2 rings (SSSR count). The van der Waals surface area contributed by atoms with Crippen molar-refractivity contribution in [2.45, 2.75) is 32.7 Å². The van der Waals surface area contributed by atoms with Gasteiger partial charge in [0, 0.05) is 23.3 Å². The summed E-state index contributed by atoms with van der Waals surface area (Å²) in [5.41, 5.74) is 2.93. The summed E-state index contributed by atoms with van der Waals surface area (Å²) < 4.78 is 0. The van der Waals surface area contributed by atoms with Crippen LogP contribution in [0.1, 0.15) is 36.7 Å². The van der Waals surface area contributed by atoms with Gasteiger partial charge in [-0.3, -0.25) is 4.79 Å². The molecular formula is C13H18N2O. The fraction of sp³-hybridized carbons (Fsp3) is 0.462. The molecular weight excluding hydrogens is 200 g/mol. The van der Waals surface area contributed by atoms with Crippen LogP contribution in [-0.4, -0.2) is 18.0 Å². The molecule has 1 aliphatic rings. The largest absolute Gasteiger partial charge is 0.384 e. The van der Waals surface area contributed by atoms with Crippen molar-refractivity contribution in [1.29, 1.82) is 0 Å². The van der Waals surface area contributed by atoms with E-state index < -0.39 is 0 Å². The lowest BCUT2D eigenvalue weighted by Gasteiger charge is -2.20. The normalized spacial score (nSPS) is 14.2. The lowest BCUT2D eigenvalue weighted by molar-refractivity contribution is 0.0919. The number of amides is 1. The standard InChI is InChI=1S/C13H18N2O/c1-13(2,3)15-12(16)10-5-4-9-6-7-14-11(9)8-10/h4-5,8,14H,6-7H2,1-3H3,(H,15,16). The van der Waals surface area contributed by atoms with Gasteiger partial charge in [0.1, 0.15) is 0 Å². The molecule has 16 heavy (non-hydrogen) atoms. The average molecular weight is 218 g/mol. The first kappa shape index (κ1) is 11.0. The van der Waals surface area contributed by atoms with Gasteiger partial charge >= 0.3 is 0 Å². The van der Waals surface area contributed by atoms with Crippen molar-refractivity contribution in [2.24, 2.45) is 0 Å². The molecule has 3 nitrogen and oxygen atoms in total. The van der Waals surface area contributed by atoms with E-state index in [0.717, 1.165) is 24.2 Å². The van der Waals surface area contributed by atoms with Gasteiger partial charge in [-0.1, -0.05) is 6.07 Å². The highest BCUT2D eigenvalue weighted by molar-refractivity contribution is 5.95. The molecule has 0 aliphatic carbocycles. The summed E-state index contributed by atoms with van der Waals surface area (Å²) in [6.45, 7) is 6.92. The van der Waals surface area contributed by atoms with Crippen LogP contribution in [-0.2, 0) is 6.42 Å². The van der Waals surface area contributed by atoms with Crippen LogP contribution in [0.2, 0.25) is 0 Å². The highest BCUT2D eigenvalue weighted by Gasteiger charge is 2.17. The van der Waals surface area contributed by atoms with E-state index in [1.165, 1.54) is 5.56 Å². The number of anilines is 1. The Morgan fingerprint density at radius 3 is 2.81 bits per heavy atom. The van der Waals surface area contributed by atoms with E-state index in [2.05, 4.69) is 10.6 Å². The zero-order valence-corrected chi connectivity index (χ0v) is 10.1. The number of carbonyl (C=O) groups excluding carboxylic acids is 1. The fourth-order valence-corrected chi connectivity index (χ4v) is 1.84. The molecule has 1 heterocycles. The van der Waals surface area contributed by atoms with Gasteiger partial charge in [0.2, 0.25) is 0 Å². The maximum absolute atomic E-state index is 11.9. The van der Waals surface area contributed by atoms with Crippen LogP contribution in [0.15, 0.2) is 18.2 Å². The number of benzene rings is 1. The maximum Gasteiger partial charge on any atom is 0.251 e. The average Bonchev–Trinajstić information content (AvgIpc) is 2.61. The van der Waals surface area contributed by atoms with Crippen molar-refractivity contribution in [2.75, 3.05) is 11.9 Å². The predicted molar refractivity (Wildman–Crippen MR) is 65.9 cm³/mol. The van der Waals surface area contributed by atoms with Crippen molar-refractivity contribution in [3.8, 4) is 0 Å². The molecule has 0 unspecified atom stereocenters. The third-order valence-corrected chi connectivity index (χ3v) is 2.57. The molecule has 0 bridgehead atoms. The molecule has 0 radical (unpaired) electrons. The lowest BCUT2D eigenvalue weighted by atomic mass is 10.1. The number of nitrogens with one attached hydrogen (secondary N) is 2. The topological polar surface area (TPSA) is 41.1 Å². The van der Waals surface area contributed by atoms with E-state index in [9.17, 15) is 4.79 Å². The molecule has 0 fully saturated rings. The van der Waals surface area contributed by atoms with Crippen LogP contribution < -0.4 is 10.6 Å².